The van der Waals surface area contributed by atoms with Crippen LogP contribution in [0.5, 0.6) is 5.75 Å². The number of carboxylic acid groups (broad SMARTS) is 1. The zero-order valence-electron chi connectivity index (χ0n) is 15.8. The maximum Gasteiger partial charge on any atom is 0.320 e. The maximum atomic E-state index is 11.2. The van der Waals surface area contributed by atoms with E-state index in [9.17, 15) is 4.79 Å². The second-order valence-electron chi connectivity index (χ2n) is 6.40. The summed E-state index contributed by atoms with van der Waals surface area (Å²) in [5, 5.41) is 12.3. The van der Waals surface area contributed by atoms with Crippen LogP contribution < -0.4 is 10.1 Å². The molecule has 146 valence electrons. The number of ether oxygens (including phenoxy) is 1. The lowest BCUT2D eigenvalue weighted by Gasteiger charge is -2.11. The molecule has 1 atom stereocenters. The topological polar surface area (TPSA) is 58.6 Å². The molecule has 0 aliphatic carbocycles. The van der Waals surface area contributed by atoms with Gasteiger partial charge in [-0.1, -0.05) is 43.3 Å². The van der Waals surface area contributed by atoms with Crippen LogP contribution in [-0.2, 0) is 11.3 Å². The zero-order chi connectivity index (χ0) is 20.1. The number of hydrogen-bond donors (Lipinski definition) is 3. The fraction of sp³-hybridized carbons (Fsp3) is 0.227. The first kappa shape index (κ1) is 20.5. The van der Waals surface area contributed by atoms with Gasteiger partial charge < -0.3 is 9.84 Å². The summed E-state index contributed by atoms with van der Waals surface area (Å²) in [5.74, 6) is 0.0173. The van der Waals surface area contributed by atoms with Crippen molar-refractivity contribution in [2.75, 3.05) is 7.11 Å². The summed E-state index contributed by atoms with van der Waals surface area (Å²) in [5.41, 5.74) is 3.40. The van der Waals surface area contributed by atoms with E-state index in [2.05, 4.69) is 42.2 Å². The van der Waals surface area contributed by atoms with Gasteiger partial charge in [0, 0.05) is 21.2 Å². The third-order valence-electron chi connectivity index (χ3n) is 4.59. The third-order valence-corrected chi connectivity index (χ3v) is 6.33. The summed E-state index contributed by atoms with van der Waals surface area (Å²) >= 11 is 6.19. The van der Waals surface area contributed by atoms with E-state index in [0.29, 0.717) is 13.0 Å². The van der Waals surface area contributed by atoms with Crippen LogP contribution in [0.3, 0.4) is 0 Å². The standard InChI is InChI=1S/C22H23NO3S2/c1-3-18(22(24)25)23-13-21-19(27)12-20(28-21)16-6-4-14(5-7-16)15-8-10-17(26-2)11-9-15/h4-12,18,23,27H,3,13H2,1-2H3,(H,24,25). The number of methoxy groups -OCH3 is 1. The molecule has 3 rings (SSSR count). The van der Waals surface area contributed by atoms with Crippen LogP contribution in [0.4, 0.5) is 0 Å². The summed E-state index contributed by atoms with van der Waals surface area (Å²) < 4.78 is 5.21. The van der Waals surface area contributed by atoms with Crippen molar-refractivity contribution in [1.82, 2.24) is 5.32 Å². The minimum atomic E-state index is -0.825. The normalized spacial score (nSPS) is 12.0. The van der Waals surface area contributed by atoms with Crippen molar-refractivity contribution in [3.05, 3.63) is 59.5 Å². The van der Waals surface area contributed by atoms with Crippen molar-refractivity contribution in [3.8, 4) is 27.3 Å². The number of nitrogens with one attached hydrogen (secondary N) is 1. The van der Waals surface area contributed by atoms with Gasteiger partial charge in [-0.3, -0.25) is 10.1 Å². The monoisotopic (exact) mass is 413 g/mol. The summed E-state index contributed by atoms with van der Waals surface area (Å²) in [6.07, 6.45) is 0.544. The van der Waals surface area contributed by atoms with E-state index >= 15 is 0 Å². The lowest BCUT2D eigenvalue weighted by atomic mass is 10.0. The molecule has 0 aliphatic heterocycles. The average Bonchev–Trinajstić information content (AvgIpc) is 3.09. The van der Waals surface area contributed by atoms with Gasteiger partial charge in [-0.05, 0) is 41.3 Å². The summed E-state index contributed by atoms with van der Waals surface area (Å²) in [4.78, 5) is 14.2. The Morgan fingerprint density at radius 1 is 1.11 bits per heavy atom. The second kappa shape index (κ2) is 9.28. The molecule has 1 aromatic heterocycles. The van der Waals surface area contributed by atoms with Crippen molar-refractivity contribution in [3.63, 3.8) is 0 Å². The van der Waals surface area contributed by atoms with Gasteiger partial charge >= 0.3 is 5.97 Å². The van der Waals surface area contributed by atoms with E-state index < -0.39 is 12.0 Å². The Labute approximate surface area is 174 Å². The molecule has 1 heterocycles. The minimum Gasteiger partial charge on any atom is -0.497 e. The molecule has 0 amide bonds. The number of carboxylic acids is 1. The van der Waals surface area contributed by atoms with Crippen LogP contribution in [-0.4, -0.2) is 24.2 Å². The molecule has 4 nitrogen and oxygen atoms in total. The average molecular weight is 414 g/mol. The van der Waals surface area contributed by atoms with Crippen LogP contribution in [0.15, 0.2) is 59.5 Å². The number of benzene rings is 2. The predicted molar refractivity (Wildman–Crippen MR) is 118 cm³/mol. The Morgan fingerprint density at radius 3 is 2.21 bits per heavy atom. The van der Waals surface area contributed by atoms with Crippen molar-refractivity contribution in [2.24, 2.45) is 0 Å². The number of rotatable bonds is 8. The summed E-state index contributed by atoms with van der Waals surface area (Å²) in [6.45, 7) is 2.36. The third kappa shape index (κ3) is 4.76. The Bertz CT molecular complexity index is 933. The highest BCUT2D eigenvalue weighted by Crippen LogP contribution is 2.34. The van der Waals surface area contributed by atoms with Crippen LogP contribution in [0.1, 0.15) is 18.2 Å². The molecular weight excluding hydrogens is 390 g/mol. The number of aliphatic carboxylic acids is 1. The van der Waals surface area contributed by atoms with Gasteiger partial charge in [0.05, 0.1) is 7.11 Å². The van der Waals surface area contributed by atoms with Crippen LogP contribution in [0.2, 0.25) is 0 Å². The molecule has 0 saturated carbocycles. The first-order valence-electron chi connectivity index (χ1n) is 9.04. The van der Waals surface area contributed by atoms with Crippen molar-refractivity contribution < 1.29 is 14.6 Å². The Kier molecular flexibility index (Phi) is 6.78. The smallest absolute Gasteiger partial charge is 0.320 e. The lowest BCUT2D eigenvalue weighted by Crippen LogP contribution is -2.35. The Morgan fingerprint density at radius 2 is 1.68 bits per heavy atom. The SMILES string of the molecule is CCC(NCc1sc(-c2ccc(-c3ccc(OC)cc3)cc2)cc1S)C(=O)O. The molecule has 0 aliphatic rings. The highest BCUT2D eigenvalue weighted by atomic mass is 32.1. The molecule has 2 N–H and O–H groups in total. The first-order valence-corrected chi connectivity index (χ1v) is 10.3. The largest absolute Gasteiger partial charge is 0.497 e. The quantitative estimate of drug-likeness (QED) is 0.437. The van der Waals surface area contributed by atoms with Crippen LogP contribution in [0.25, 0.3) is 21.6 Å². The predicted octanol–water partition coefficient (Wildman–Crippen LogP) is 5.33. The van der Waals surface area contributed by atoms with Crippen LogP contribution in [0, 0.1) is 0 Å². The van der Waals surface area contributed by atoms with Gasteiger partial charge in [-0.15, -0.1) is 24.0 Å². The molecule has 0 saturated heterocycles. The number of thiophene rings is 1. The molecule has 0 radical (unpaired) electrons. The van der Waals surface area contributed by atoms with E-state index in [1.54, 1.807) is 18.4 Å². The van der Waals surface area contributed by atoms with Crippen molar-refractivity contribution in [2.45, 2.75) is 30.8 Å². The Hall–Kier alpha value is -2.28. The number of thiol groups is 1. The highest BCUT2D eigenvalue weighted by Gasteiger charge is 2.16. The number of carbonyl (C=O) groups is 1. The summed E-state index contributed by atoms with van der Waals surface area (Å²) in [6, 6.07) is 17.9. The highest BCUT2D eigenvalue weighted by molar-refractivity contribution is 7.80. The van der Waals surface area contributed by atoms with E-state index in [4.69, 9.17) is 9.84 Å². The number of hydrogen-bond acceptors (Lipinski definition) is 5. The minimum absolute atomic E-state index is 0.498. The molecule has 3 aromatic rings. The van der Waals surface area contributed by atoms with E-state index in [1.807, 2.05) is 37.3 Å². The van der Waals surface area contributed by atoms with Gasteiger partial charge in [-0.2, -0.15) is 0 Å². The molecule has 0 fully saturated rings. The molecule has 0 bridgehead atoms. The molecule has 1 unspecified atom stereocenters. The van der Waals surface area contributed by atoms with Gasteiger partial charge in [0.25, 0.3) is 0 Å². The summed E-state index contributed by atoms with van der Waals surface area (Å²) in [7, 11) is 1.66. The molecule has 0 spiro atoms. The molecular formula is C22H23NO3S2. The molecule has 6 heteroatoms. The van der Waals surface area contributed by atoms with E-state index in [-0.39, 0.29) is 0 Å². The molecule has 2 aromatic carbocycles. The van der Waals surface area contributed by atoms with Crippen LogP contribution >= 0.6 is 24.0 Å². The zero-order valence-corrected chi connectivity index (χ0v) is 17.5. The first-order chi connectivity index (χ1) is 13.5. The van der Waals surface area contributed by atoms with Gasteiger partial charge in [-0.25, -0.2) is 0 Å². The second-order valence-corrected chi connectivity index (χ2v) is 8.02. The van der Waals surface area contributed by atoms with Crippen molar-refractivity contribution in [1.29, 1.82) is 0 Å². The fourth-order valence-corrected chi connectivity index (χ4v) is 4.37. The van der Waals surface area contributed by atoms with Gasteiger partial charge in [0.1, 0.15) is 11.8 Å². The maximum absolute atomic E-state index is 11.2. The van der Waals surface area contributed by atoms with Crippen molar-refractivity contribution >= 4 is 29.9 Å². The lowest BCUT2D eigenvalue weighted by molar-refractivity contribution is -0.139. The van der Waals surface area contributed by atoms with Gasteiger partial charge in [0.15, 0.2) is 0 Å². The fourth-order valence-electron chi connectivity index (χ4n) is 2.92. The Balaban J connectivity index is 1.74. The molecule has 28 heavy (non-hydrogen) atoms. The van der Waals surface area contributed by atoms with Gasteiger partial charge in [0.2, 0.25) is 0 Å². The van der Waals surface area contributed by atoms with E-state index in [1.165, 1.54) is 0 Å². The van der Waals surface area contributed by atoms with E-state index in [0.717, 1.165) is 37.1 Å².